The highest BCUT2D eigenvalue weighted by molar-refractivity contribution is 7.98. The van der Waals surface area contributed by atoms with Gasteiger partial charge in [0.15, 0.2) is 11.0 Å². The fourth-order valence-electron chi connectivity index (χ4n) is 3.26. The molecule has 0 saturated carbocycles. The van der Waals surface area contributed by atoms with Gasteiger partial charge in [-0.25, -0.2) is 0 Å². The molecule has 0 aliphatic rings. The second-order valence-corrected chi connectivity index (χ2v) is 8.15. The predicted octanol–water partition coefficient (Wildman–Crippen LogP) is 6.24. The fourth-order valence-corrected chi connectivity index (χ4v) is 4.17. The minimum absolute atomic E-state index is 0.651. The molecule has 1 heterocycles. The van der Waals surface area contributed by atoms with Gasteiger partial charge in [-0.05, 0) is 56.7 Å². The monoisotopic (exact) mass is 415 g/mol. The van der Waals surface area contributed by atoms with Crippen LogP contribution >= 0.6 is 11.8 Å². The number of hydrogen-bond acceptors (Lipinski definition) is 4. The third-order valence-corrected chi connectivity index (χ3v) is 5.80. The van der Waals surface area contributed by atoms with Gasteiger partial charge < -0.3 is 4.74 Å². The minimum atomic E-state index is 0.651. The Balaban J connectivity index is 1.71. The van der Waals surface area contributed by atoms with E-state index >= 15 is 0 Å². The Bertz CT molecular complexity index is 1120. The molecule has 0 aliphatic heterocycles. The van der Waals surface area contributed by atoms with Gasteiger partial charge in [0.25, 0.3) is 0 Å². The molecule has 152 valence electrons. The largest absolute Gasteiger partial charge is 0.494 e. The zero-order valence-corrected chi connectivity index (χ0v) is 18.3. The Labute approximate surface area is 181 Å². The number of ether oxygens (including phenoxy) is 1. The van der Waals surface area contributed by atoms with Crippen molar-refractivity contribution in [1.29, 1.82) is 0 Å². The molecule has 0 N–H and O–H groups in total. The molecule has 5 heteroatoms. The molecule has 0 fully saturated rings. The number of benzene rings is 3. The Morgan fingerprint density at radius 2 is 1.63 bits per heavy atom. The second kappa shape index (κ2) is 9.18. The van der Waals surface area contributed by atoms with E-state index in [9.17, 15) is 0 Å². The summed E-state index contributed by atoms with van der Waals surface area (Å²) in [6.45, 7) is 6.84. The third-order valence-electron chi connectivity index (χ3n) is 4.80. The van der Waals surface area contributed by atoms with E-state index in [1.54, 1.807) is 11.8 Å². The van der Waals surface area contributed by atoms with Crippen molar-refractivity contribution in [3.05, 3.63) is 89.5 Å². The molecule has 0 bridgehead atoms. The summed E-state index contributed by atoms with van der Waals surface area (Å²) in [6.07, 6.45) is 0. The Morgan fingerprint density at radius 1 is 0.867 bits per heavy atom. The van der Waals surface area contributed by atoms with Gasteiger partial charge in [-0.3, -0.25) is 4.57 Å². The van der Waals surface area contributed by atoms with E-state index < -0.39 is 0 Å². The third kappa shape index (κ3) is 4.57. The molecule has 0 spiro atoms. The molecule has 0 unspecified atom stereocenters. The van der Waals surface area contributed by atoms with Gasteiger partial charge in [-0.15, -0.1) is 10.2 Å². The first kappa shape index (κ1) is 20.2. The van der Waals surface area contributed by atoms with Crippen LogP contribution in [0.25, 0.3) is 17.1 Å². The molecule has 4 rings (SSSR count). The number of thioether (sulfide) groups is 1. The molecule has 0 amide bonds. The second-order valence-electron chi connectivity index (χ2n) is 7.21. The van der Waals surface area contributed by atoms with E-state index in [0.717, 1.165) is 33.7 Å². The smallest absolute Gasteiger partial charge is 0.196 e. The number of aryl methyl sites for hydroxylation is 2. The zero-order valence-electron chi connectivity index (χ0n) is 17.5. The van der Waals surface area contributed by atoms with Crippen molar-refractivity contribution >= 4 is 11.8 Å². The topological polar surface area (TPSA) is 39.9 Å². The number of hydrogen-bond donors (Lipinski definition) is 0. The van der Waals surface area contributed by atoms with Crippen molar-refractivity contribution in [3.8, 4) is 22.8 Å². The van der Waals surface area contributed by atoms with Gasteiger partial charge >= 0.3 is 0 Å². The van der Waals surface area contributed by atoms with Crippen molar-refractivity contribution in [3.63, 3.8) is 0 Å². The predicted molar refractivity (Wildman–Crippen MR) is 123 cm³/mol. The maximum Gasteiger partial charge on any atom is 0.196 e. The molecule has 0 aliphatic carbocycles. The highest BCUT2D eigenvalue weighted by Crippen LogP contribution is 2.31. The van der Waals surface area contributed by atoms with E-state index in [-0.39, 0.29) is 0 Å². The summed E-state index contributed by atoms with van der Waals surface area (Å²) in [5.74, 6) is 2.54. The fraction of sp³-hybridized carbons (Fsp3) is 0.200. The maximum atomic E-state index is 5.61. The lowest BCUT2D eigenvalue weighted by molar-refractivity contribution is 0.340. The summed E-state index contributed by atoms with van der Waals surface area (Å²) in [5, 5.41) is 9.96. The average molecular weight is 416 g/mol. The van der Waals surface area contributed by atoms with Gasteiger partial charge in [0.05, 0.1) is 6.61 Å². The van der Waals surface area contributed by atoms with Gasteiger partial charge in [-0.2, -0.15) is 0 Å². The van der Waals surface area contributed by atoms with Crippen molar-refractivity contribution in [1.82, 2.24) is 14.8 Å². The van der Waals surface area contributed by atoms with E-state index in [2.05, 4.69) is 89.3 Å². The van der Waals surface area contributed by atoms with Gasteiger partial charge in [0, 0.05) is 17.0 Å². The Kier molecular flexibility index (Phi) is 6.19. The molecule has 4 nitrogen and oxygen atoms in total. The normalized spacial score (nSPS) is 10.9. The minimum Gasteiger partial charge on any atom is -0.494 e. The number of aromatic nitrogens is 3. The van der Waals surface area contributed by atoms with E-state index in [4.69, 9.17) is 4.74 Å². The summed E-state index contributed by atoms with van der Waals surface area (Å²) >= 11 is 1.69. The molecule has 30 heavy (non-hydrogen) atoms. The lowest BCUT2D eigenvalue weighted by Crippen LogP contribution is -2.00. The van der Waals surface area contributed by atoms with Crippen molar-refractivity contribution in [2.45, 2.75) is 31.7 Å². The Hall–Kier alpha value is -3.05. The molecule has 0 saturated heterocycles. The summed E-state index contributed by atoms with van der Waals surface area (Å²) in [5.41, 5.74) is 5.81. The zero-order chi connectivity index (χ0) is 20.9. The average Bonchev–Trinajstić information content (AvgIpc) is 3.18. The van der Waals surface area contributed by atoms with Crippen LogP contribution in [0.15, 0.2) is 78.0 Å². The Morgan fingerprint density at radius 3 is 2.33 bits per heavy atom. The summed E-state index contributed by atoms with van der Waals surface area (Å²) in [6, 6.07) is 25.1. The first-order valence-electron chi connectivity index (χ1n) is 10.1. The molecular weight excluding hydrogens is 390 g/mol. The summed E-state index contributed by atoms with van der Waals surface area (Å²) < 4.78 is 7.74. The molecule has 4 aromatic rings. The van der Waals surface area contributed by atoms with Crippen LogP contribution in [-0.2, 0) is 5.75 Å². The molecular formula is C25H25N3OS. The first-order valence-corrected chi connectivity index (χ1v) is 11.1. The van der Waals surface area contributed by atoms with Crippen LogP contribution in [0, 0.1) is 13.8 Å². The van der Waals surface area contributed by atoms with Crippen molar-refractivity contribution < 1.29 is 4.74 Å². The molecule has 3 aromatic carbocycles. The lowest BCUT2D eigenvalue weighted by atomic mass is 10.1. The summed E-state index contributed by atoms with van der Waals surface area (Å²) in [7, 11) is 0. The first-order chi connectivity index (χ1) is 14.6. The maximum absolute atomic E-state index is 5.61. The molecule has 1 aromatic heterocycles. The highest BCUT2D eigenvalue weighted by Gasteiger charge is 2.16. The number of rotatable bonds is 7. The quantitative estimate of drug-likeness (QED) is 0.335. The number of nitrogens with zero attached hydrogens (tertiary/aromatic N) is 3. The van der Waals surface area contributed by atoms with Gasteiger partial charge in [0.2, 0.25) is 0 Å². The van der Waals surface area contributed by atoms with Crippen LogP contribution in [-0.4, -0.2) is 21.4 Å². The molecule has 0 radical (unpaired) electrons. The van der Waals surface area contributed by atoms with Crippen LogP contribution in [0.2, 0.25) is 0 Å². The van der Waals surface area contributed by atoms with Crippen LogP contribution in [0.4, 0.5) is 0 Å². The lowest BCUT2D eigenvalue weighted by Gasteiger charge is -2.12. The van der Waals surface area contributed by atoms with Crippen molar-refractivity contribution in [2.75, 3.05) is 6.61 Å². The van der Waals surface area contributed by atoms with Crippen LogP contribution in [0.3, 0.4) is 0 Å². The van der Waals surface area contributed by atoms with Crippen molar-refractivity contribution in [2.24, 2.45) is 0 Å². The summed E-state index contributed by atoms with van der Waals surface area (Å²) in [4.78, 5) is 0. The standard InChI is InChI=1S/C25H25N3OS/c1-4-29-23-14-12-22(13-15-23)28-24(21-7-5-6-19(3)16-21)26-27-25(28)30-17-20-10-8-18(2)9-11-20/h5-16H,4,17H2,1-3H3. The molecule has 0 atom stereocenters. The van der Waals surface area contributed by atoms with Crippen LogP contribution < -0.4 is 4.74 Å². The van der Waals surface area contributed by atoms with Crippen LogP contribution in [0.1, 0.15) is 23.6 Å². The SMILES string of the molecule is CCOc1ccc(-n2c(SCc3ccc(C)cc3)nnc2-c2cccc(C)c2)cc1. The van der Waals surface area contributed by atoms with Crippen LogP contribution in [0.5, 0.6) is 5.75 Å². The van der Waals surface area contributed by atoms with Gasteiger partial charge in [-0.1, -0.05) is 65.4 Å². The van der Waals surface area contributed by atoms with E-state index in [1.165, 1.54) is 16.7 Å². The van der Waals surface area contributed by atoms with E-state index in [0.29, 0.717) is 6.61 Å². The van der Waals surface area contributed by atoms with E-state index in [1.807, 2.05) is 19.1 Å². The highest BCUT2D eigenvalue weighted by atomic mass is 32.2. The van der Waals surface area contributed by atoms with Gasteiger partial charge in [0.1, 0.15) is 5.75 Å².